The minimum Gasteiger partial charge on any atom is -0.449 e. The number of likely N-dealkylation sites (N-methyl/N-ethyl adjacent to an activating group) is 1. The zero-order chi connectivity index (χ0) is 20.0. The Kier molecular flexibility index (Phi) is 6.57. The zero-order valence-electron chi connectivity index (χ0n) is 15.4. The fourth-order valence-electron chi connectivity index (χ4n) is 2.23. The van der Waals surface area contributed by atoms with Gasteiger partial charge in [-0.3, -0.25) is 9.52 Å². The molecule has 0 saturated carbocycles. The van der Waals surface area contributed by atoms with Crippen LogP contribution in [0.2, 0.25) is 0 Å². The Morgan fingerprint density at radius 3 is 2.41 bits per heavy atom. The first-order valence-electron chi connectivity index (χ1n) is 8.41. The molecule has 0 heterocycles. The number of carbonyl (C=O) groups excluding carboxylic acids is 2. The largest absolute Gasteiger partial charge is 0.449 e. The van der Waals surface area contributed by atoms with Crippen LogP contribution < -0.4 is 10.0 Å². The molecule has 7 nitrogen and oxygen atoms in total. The van der Waals surface area contributed by atoms with Gasteiger partial charge in [0.05, 0.1) is 10.5 Å². The summed E-state index contributed by atoms with van der Waals surface area (Å²) in [4.78, 5) is 23.8. The number of rotatable bonds is 7. The lowest BCUT2D eigenvalue weighted by molar-refractivity contribution is -0.128. The van der Waals surface area contributed by atoms with E-state index in [1.807, 2.05) is 6.92 Å². The van der Waals surface area contributed by atoms with Crippen molar-refractivity contribution in [3.8, 4) is 0 Å². The van der Waals surface area contributed by atoms with E-state index in [2.05, 4.69) is 10.0 Å². The molecule has 2 rings (SSSR count). The Morgan fingerprint density at radius 1 is 1.11 bits per heavy atom. The summed E-state index contributed by atoms with van der Waals surface area (Å²) >= 11 is 0. The molecule has 0 radical (unpaired) electrons. The van der Waals surface area contributed by atoms with Gasteiger partial charge in [-0.1, -0.05) is 23.8 Å². The van der Waals surface area contributed by atoms with Crippen molar-refractivity contribution in [1.82, 2.24) is 5.32 Å². The van der Waals surface area contributed by atoms with Gasteiger partial charge in [-0.05, 0) is 51.1 Å². The number of nitrogens with one attached hydrogen (secondary N) is 2. The number of hydrogen-bond acceptors (Lipinski definition) is 5. The van der Waals surface area contributed by atoms with Crippen molar-refractivity contribution in [3.05, 3.63) is 59.7 Å². The molecule has 0 unspecified atom stereocenters. The van der Waals surface area contributed by atoms with Gasteiger partial charge < -0.3 is 10.1 Å². The first-order valence-corrected chi connectivity index (χ1v) is 9.89. The molecule has 0 spiro atoms. The van der Waals surface area contributed by atoms with Crippen LogP contribution >= 0.6 is 0 Å². The number of benzene rings is 2. The first-order chi connectivity index (χ1) is 12.7. The first kappa shape index (κ1) is 20.4. The maximum absolute atomic E-state index is 12.5. The lowest BCUT2D eigenvalue weighted by Crippen LogP contribution is -2.35. The highest BCUT2D eigenvalue weighted by Gasteiger charge is 2.21. The Morgan fingerprint density at radius 2 is 1.78 bits per heavy atom. The Bertz CT molecular complexity index is 923. The summed E-state index contributed by atoms with van der Waals surface area (Å²) in [5.41, 5.74) is 1.46. The molecule has 2 aromatic rings. The third-order valence-electron chi connectivity index (χ3n) is 3.69. The van der Waals surface area contributed by atoms with E-state index in [1.165, 1.54) is 31.2 Å². The average molecular weight is 390 g/mol. The van der Waals surface area contributed by atoms with Crippen molar-refractivity contribution in [2.45, 2.75) is 31.8 Å². The van der Waals surface area contributed by atoms with Crippen molar-refractivity contribution < 1.29 is 22.7 Å². The van der Waals surface area contributed by atoms with E-state index in [0.29, 0.717) is 12.2 Å². The van der Waals surface area contributed by atoms with Gasteiger partial charge >= 0.3 is 5.97 Å². The molecule has 0 aliphatic carbocycles. The van der Waals surface area contributed by atoms with E-state index in [1.54, 1.807) is 31.2 Å². The molecular weight excluding hydrogens is 368 g/mol. The Labute approximate surface area is 158 Å². The van der Waals surface area contributed by atoms with Gasteiger partial charge in [-0.25, -0.2) is 13.2 Å². The molecule has 8 heteroatoms. The summed E-state index contributed by atoms with van der Waals surface area (Å²) in [5, 5.41) is 2.55. The van der Waals surface area contributed by atoms with Crippen LogP contribution in [0.4, 0.5) is 5.69 Å². The number of anilines is 1. The molecule has 2 N–H and O–H groups in total. The van der Waals surface area contributed by atoms with Gasteiger partial charge in [0, 0.05) is 12.2 Å². The summed E-state index contributed by atoms with van der Waals surface area (Å²) in [7, 11) is -3.87. The number of hydrogen-bond donors (Lipinski definition) is 2. The summed E-state index contributed by atoms with van der Waals surface area (Å²) in [5.74, 6) is -1.20. The van der Waals surface area contributed by atoms with Crippen LogP contribution in [0.15, 0.2) is 53.4 Å². The Balaban J connectivity index is 2.17. The van der Waals surface area contributed by atoms with Gasteiger partial charge in [0.1, 0.15) is 0 Å². The highest BCUT2D eigenvalue weighted by atomic mass is 32.2. The van der Waals surface area contributed by atoms with Crippen molar-refractivity contribution in [2.24, 2.45) is 0 Å². The van der Waals surface area contributed by atoms with Gasteiger partial charge in [0.25, 0.3) is 15.9 Å². The van der Waals surface area contributed by atoms with E-state index in [4.69, 9.17) is 4.74 Å². The second kappa shape index (κ2) is 8.68. The minimum atomic E-state index is -3.87. The molecule has 27 heavy (non-hydrogen) atoms. The number of carbonyl (C=O) groups is 2. The molecule has 1 amide bonds. The van der Waals surface area contributed by atoms with Gasteiger partial charge in [-0.2, -0.15) is 0 Å². The number of aryl methyl sites for hydroxylation is 1. The van der Waals surface area contributed by atoms with Crippen LogP contribution in [0.3, 0.4) is 0 Å². The predicted octanol–water partition coefficient (Wildman–Crippen LogP) is 2.48. The maximum Gasteiger partial charge on any atom is 0.338 e. The van der Waals surface area contributed by atoms with Crippen LogP contribution in [0.5, 0.6) is 0 Å². The summed E-state index contributed by atoms with van der Waals surface area (Å²) in [6, 6.07) is 12.3. The van der Waals surface area contributed by atoms with Crippen molar-refractivity contribution >= 4 is 27.6 Å². The lowest BCUT2D eigenvalue weighted by atomic mass is 10.2. The van der Waals surface area contributed by atoms with E-state index < -0.39 is 28.0 Å². The van der Waals surface area contributed by atoms with Gasteiger partial charge in [-0.15, -0.1) is 0 Å². The Hall–Kier alpha value is -2.87. The fourth-order valence-corrected chi connectivity index (χ4v) is 3.33. The van der Waals surface area contributed by atoms with Crippen LogP contribution in [0.25, 0.3) is 0 Å². The van der Waals surface area contributed by atoms with Crippen molar-refractivity contribution in [3.63, 3.8) is 0 Å². The zero-order valence-corrected chi connectivity index (χ0v) is 16.2. The number of amides is 1. The van der Waals surface area contributed by atoms with Crippen molar-refractivity contribution in [1.29, 1.82) is 0 Å². The number of sulfonamides is 1. The molecular formula is C19H22N2O5S. The second-order valence-electron chi connectivity index (χ2n) is 5.94. The minimum absolute atomic E-state index is 0.0397. The molecule has 0 aromatic heterocycles. The van der Waals surface area contributed by atoms with Crippen LogP contribution in [-0.2, 0) is 19.6 Å². The monoisotopic (exact) mass is 390 g/mol. The predicted molar refractivity (Wildman–Crippen MR) is 102 cm³/mol. The normalized spacial score (nSPS) is 12.1. The van der Waals surface area contributed by atoms with Crippen molar-refractivity contribution in [2.75, 3.05) is 11.3 Å². The second-order valence-corrected chi connectivity index (χ2v) is 7.62. The van der Waals surface area contributed by atoms with E-state index in [9.17, 15) is 18.0 Å². The van der Waals surface area contributed by atoms with E-state index in [0.717, 1.165) is 5.56 Å². The van der Waals surface area contributed by atoms with E-state index >= 15 is 0 Å². The number of ether oxygens (including phenoxy) is 1. The third kappa shape index (κ3) is 5.55. The molecule has 1 atom stereocenters. The maximum atomic E-state index is 12.5. The van der Waals surface area contributed by atoms with Crippen LogP contribution in [-0.4, -0.2) is 32.9 Å². The summed E-state index contributed by atoms with van der Waals surface area (Å²) in [6.45, 7) is 5.51. The number of esters is 1. The van der Waals surface area contributed by atoms with E-state index in [-0.39, 0.29) is 10.5 Å². The fraction of sp³-hybridized carbons (Fsp3) is 0.263. The molecule has 144 valence electrons. The molecule has 2 aromatic carbocycles. The van der Waals surface area contributed by atoms with Crippen LogP contribution in [0, 0.1) is 6.92 Å². The average Bonchev–Trinajstić information content (AvgIpc) is 2.63. The van der Waals surface area contributed by atoms with Crippen LogP contribution in [0.1, 0.15) is 29.8 Å². The molecule has 0 bridgehead atoms. The SMILES string of the molecule is CCNC(=O)[C@H](C)OC(=O)c1cccc(S(=O)(=O)Nc2ccc(C)cc2)c1. The highest BCUT2D eigenvalue weighted by molar-refractivity contribution is 7.92. The summed E-state index contributed by atoms with van der Waals surface area (Å²) < 4.78 is 32.6. The highest BCUT2D eigenvalue weighted by Crippen LogP contribution is 2.18. The molecule has 0 aliphatic rings. The van der Waals surface area contributed by atoms with Gasteiger partial charge in [0.15, 0.2) is 6.10 Å². The molecule has 0 aliphatic heterocycles. The smallest absolute Gasteiger partial charge is 0.338 e. The molecule has 0 fully saturated rings. The molecule has 0 saturated heterocycles. The topological polar surface area (TPSA) is 102 Å². The standard InChI is InChI=1S/C19H22N2O5S/c1-4-20-18(22)14(3)26-19(23)15-6-5-7-17(12-15)27(24,25)21-16-10-8-13(2)9-11-16/h5-12,14,21H,4H2,1-3H3,(H,20,22)/t14-/m0/s1. The third-order valence-corrected chi connectivity index (χ3v) is 5.07. The quantitative estimate of drug-likeness (QED) is 0.707. The lowest BCUT2D eigenvalue weighted by Gasteiger charge is -2.13. The summed E-state index contributed by atoms with van der Waals surface area (Å²) in [6.07, 6.45) is -0.983. The van der Waals surface area contributed by atoms with Gasteiger partial charge in [0.2, 0.25) is 0 Å².